The molecule has 1 aromatic carbocycles. The van der Waals surface area contributed by atoms with Crippen molar-refractivity contribution in [3.8, 4) is 5.75 Å². The molecular formula is C18H26ClN3O. The number of H-pyrrole nitrogens is 1. The predicted octanol–water partition coefficient (Wildman–Crippen LogP) is 4.08. The Bertz CT molecular complexity index is 651. The highest BCUT2D eigenvalue weighted by molar-refractivity contribution is 5.85. The van der Waals surface area contributed by atoms with Gasteiger partial charge in [0.2, 0.25) is 0 Å². The number of aryl methyl sites for hydroxylation is 1. The summed E-state index contributed by atoms with van der Waals surface area (Å²) in [5, 5.41) is 8.32. The first-order valence-corrected chi connectivity index (χ1v) is 8.64. The molecule has 4 nitrogen and oxygen atoms in total. The molecule has 0 unspecified atom stereocenters. The molecule has 2 fully saturated rings. The largest absolute Gasteiger partial charge is 0.490 e. The normalized spacial score (nSPS) is 25.4. The maximum atomic E-state index is 6.39. The summed E-state index contributed by atoms with van der Waals surface area (Å²) in [6, 6.07) is 4.90. The minimum atomic E-state index is 0. The smallest absolute Gasteiger partial charge is 0.123 e. The van der Waals surface area contributed by atoms with E-state index in [1.165, 1.54) is 62.6 Å². The first kappa shape index (κ1) is 16.6. The van der Waals surface area contributed by atoms with Crippen molar-refractivity contribution < 1.29 is 4.74 Å². The second-order valence-electron chi connectivity index (χ2n) is 6.82. The molecule has 23 heavy (non-hydrogen) atoms. The van der Waals surface area contributed by atoms with Gasteiger partial charge in [0.25, 0.3) is 0 Å². The van der Waals surface area contributed by atoms with Gasteiger partial charge in [-0.15, -0.1) is 12.4 Å². The van der Waals surface area contributed by atoms with Crippen molar-refractivity contribution in [2.75, 3.05) is 13.1 Å². The first-order valence-electron chi connectivity index (χ1n) is 8.64. The number of likely N-dealkylation sites (tertiary alicyclic amines) is 1. The Morgan fingerprint density at radius 3 is 2.83 bits per heavy atom. The molecule has 1 aliphatic heterocycles. The molecule has 0 spiro atoms. The van der Waals surface area contributed by atoms with Gasteiger partial charge in [-0.25, -0.2) is 0 Å². The van der Waals surface area contributed by atoms with E-state index >= 15 is 0 Å². The van der Waals surface area contributed by atoms with Gasteiger partial charge in [0.05, 0.1) is 11.7 Å². The van der Waals surface area contributed by atoms with Gasteiger partial charge < -0.3 is 9.64 Å². The zero-order valence-electron chi connectivity index (χ0n) is 13.8. The molecule has 2 aliphatic rings. The average molecular weight is 336 g/mol. The standard InChI is InChI=1S/C18H25N3O.ClH/c1-13-16-12-19-20-17(16)7-8-18(13)22-15-6-4-5-14(11-15)21-9-2-3-10-21;/h7-8,12,14-15H,2-6,9-11H2,1H3,(H,19,20);1H/t14-,15+;/m0./s1. The van der Waals surface area contributed by atoms with Crippen LogP contribution in [0.3, 0.4) is 0 Å². The van der Waals surface area contributed by atoms with Crippen LogP contribution in [0.1, 0.15) is 44.1 Å². The van der Waals surface area contributed by atoms with E-state index in [1.807, 2.05) is 6.20 Å². The van der Waals surface area contributed by atoms with Gasteiger partial charge in [-0.05, 0) is 70.7 Å². The fraction of sp³-hybridized carbons (Fsp3) is 0.611. The summed E-state index contributed by atoms with van der Waals surface area (Å²) in [6.07, 6.45) is 10.0. The van der Waals surface area contributed by atoms with Crippen molar-refractivity contribution in [3.63, 3.8) is 0 Å². The number of nitrogens with zero attached hydrogens (tertiary/aromatic N) is 2. The van der Waals surface area contributed by atoms with Gasteiger partial charge in [0, 0.05) is 17.0 Å². The summed E-state index contributed by atoms with van der Waals surface area (Å²) in [5.41, 5.74) is 2.29. The third kappa shape index (κ3) is 3.33. The zero-order chi connectivity index (χ0) is 14.9. The van der Waals surface area contributed by atoms with E-state index in [0.717, 1.165) is 17.3 Å². The molecule has 5 heteroatoms. The summed E-state index contributed by atoms with van der Waals surface area (Å²) < 4.78 is 6.39. The van der Waals surface area contributed by atoms with E-state index in [9.17, 15) is 0 Å². The lowest BCUT2D eigenvalue weighted by Gasteiger charge is -2.35. The molecule has 0 bridgehead atoms. The fourth-order valence-corrected chi connectivity index (χ4v) is 4.11. The van der Waals surface area contributed by atoms with Crippen LogP contribution in [0.15, 0.2) is 18.3 Å². The monoisotopic (exact) mass is 335 g/mol. The van der Waals surface area contributed by atoms with E-state index in [4.69, 9.17) is 4.74 Å². The maximum Gasteiger partial charge on any atom is 0.123 e. The van der Waals surface area contributed by atoms with Crippen molar-refractivity contribution in [1.29, 1.82) is 0 Å². The summed E-state index contributed by atoms with van der Waals surface area (Å²) in [5.74, 6) is 1.03. The third-order valence-corrected chi connectivity index (χ3v) is 5.39. The second kappa shape index (κ2) is 7.10. The summed E-state index contributed by atoms with van der Waals surface area (Å²) in [6.45, 7) is 4.71. The SMILES string of the molecule is Cc1c(O[C@@H]2CCC[C@H](N3CCCC3)C2)ccc2[nH]ncc12.Cl. The van der Waals surface area contributed by atoms with Crippen LogP contribution in [0.5, 0.6) is 5.75 Å². The Kier molecular flexibility index (Phi) is 5.12. The van der Waals surface area contributed by atoms with Crippen LogP contribution in [-0.2, 0) is 0 Å². The van der Waals surface area contributed by atoms with Crippen LogP contribution in [0.4, 0.5) is 0 Å². The van der Waals surface area contributed by atoms with E-state index in [0.29, 0.717) is 6.10 Å². The highest BCUT2D eigenvalue weighted by Crippen LogP contribution is 2.32. The number of halogens is 1. The lowest BCUT2D eigenvalue weighted by molar-refractivity contribution is 0.0882. The molecule has 0 radical (unpaired) electrons. The number of fused-ring (bicyclic) bond motifs is 1. The highest BCUT2D eigenvalue weighted by Gasteiger charge is 2.29. The Labute approximate surface area is 144 Å². The molecule has 0 amide bonds. The van der Waals surface area contributed by atoms with Gasteiger partial charge in [-0.2, -0.15) is 5.10 Å². The lowest BCUT2D eigenvalue weighted by Crippen LogP contribution is -2.40. The molecular weight excluding hydrogens is 310 g/mol. The van der Waals surface area contributed by atoms with Gasteiger partial charge >= 0.3 is 0 Å². The number of hydrogen-bond donors (Lipinski definition) is 1. The van der Waals surface area contributed by atoms with Crippen molar-refractivity contribution in [2.24, 2.45) is 0 Å². The van der Waals surface area contributed by atoms with E-state index in [1.54, 1.807) is 0 Å². The highest BCUT2D eigenvalue weighted by atomic mass is 35.5. The Hall–Kier alpha value is -1.26. The first-order chi connectivity index (χ1) is 10.8. The predicted molar refractivity (Wildman–Crippen MR) is 95.6 cm³/mol. The van der Waals surface area contributed by atoms with Crippen LogP contribution in [-0.4, -0.2) is 40.3 Å². The topological polar surface area (TPSA) is 41.1 Å². The van der Waals surface area contributed by atoms with Crippen LogP contribution in [0, 0.1) is 6.92 Å². The number of benzene rings is 1. The Balaban J connectivity index is 0.00000156. The number of hydrogen-bond acceptors (Lipinski definition) is 3. The molecule has 2 atom stereocenters. The van der Waals surface area contributed by atoms with Crippen molar-refractivity contribution in [3.05, 3.63) is 23.9 Å². The molecule has 126 valence electrons. The Morgan fingerprint density at radius 2 is 2.00 bits per heavy atom. The van der Waals surface area contributed by atoms with Crippen LogP contribution in [0.2, 0.25) is 0 Å². The maximum absolute atomic E-state index is 6.39. The molecule has 4 rings (SSSR count). The molecule has 1 N–H and O–H groups in total. The van der Waals surface area contributed by atoms with Gasteiger partial charge in [-0.1, -0.05) is 0 Å². The van der Waals surface area contributed by atoms with E-state index in [2.05, 4.69) is 34.2 Å². The number of nitrogens with one attached hydrogen (secondary N) is 1. The average Bonchev–Trinajstić information content (AvgIpc) is 3.21. The quantitative estimate of drug-likeness (QED) is 0.918. The molecule has 1 aliphatic carbocycles. The molecule has 2 aromatic rings. The van der Waals surface area contributed by atoms with Crippen LogP contribution in [0.25, 0.3) is 10.9 Å². The van der Waals surface area contributed by atoms with Gasteiger partial charge in [-0.3, -0.25) is 5.10 Å². The minimum absolute atomic E-state index is 0. The number of rotatable bonds is 3. The molecule has 1 aromatic heterocycles. The fourth-order valence-electron chi connectivity index (χ4n) is 4.11. The zero-order valence-corrected chi connectivity index (χ0v) is 14.6. The van der Waals surface area contributed by atoms with Gasteiger partial charge in [0.15, 0.2) is 0 Å². The van der Waals surface area contributed by atoms with E-state index in [-0.39, 0.29) is 12.4 Å². The van der Waals surface area contributed by atoms with Gasteiger partial charge in [0.1, 0.15) is 11.9 Å². The minimum Gasteiger partial charge on any atom is -0.490 e. The summed E-state index contributed by atoms with van der Waals surface area (Å²) in [4.78, 5) is 2.68. The number of aromatic amines is 1. The van der Waals surface area contributed by atoms with Crippen molar-refractivity contribution in [2.45, 2.75) is 57.6 Å². The number of ether oxygens (including phenoxy) is 1. The lowest BCUT2D eigenvalue weighted by atomic mass is 9.91. The molecule has 2 heterocycles. The van der Waals surface area contributed by atoms with Crippen molar-refractivity contribution in [1.82, 2.24) is 15.1 Å². The van der Waals surface area contributed by atoms with Crippen molar-refractivity contribution >= 4 is 23.3 Å². The summed E-state index contributed by atoms with van der Waals surface area (Å²) >= 11 is 0. The third-order valence-electron chi connectivity index (χ3n) is 5.39. The van der Waals surface area contributed by atoms with Crippen LogP contribution < -0.4 is 4.74 Å². The van der Waals surface area contributed by atoms with Crippen LogP contribution >= 0.6 is 12.4 Å². The summed E-state index contributed by atoms with van der Waals surface area (Å²) in [7, 11) is 0. The molecule has 1 saturated heterocycles. The Morgan fingerprint density at radius 1 is 1.17 bits per heavy atom. The molecule has 1 saturated carbocycles. The second-order valence-corrected chi connectivity index (χ2v) is 6.82. The number of aromatic nitrogens is 2. The van der Waals surface area contributed by atoms with E-state index < -0.39 is 0 Å².